The molecule has 0 aromatic carbocycles. The van der Waals surface area contributed by atoms with E-state index in [0.717, 1.165) is 0 Å². The zero-order valence-corrected chi connectivity index (χ0v) is 9.94. The number of aromatic nitrogens is 1. The summed E-state index contributed by atoms with van der Waals surface area (Å²) < 4.78 is 25.0. The van der Waals surface area contributed by atoms with Gasteiger partial charge >= 0.3 is 0 Å². The van der Waals surface area contributed by atoms with Crippen LogP contribution in [0.1, 0.15) is 25.0 Å². The molecule has 0 fully saturated rings. The summed E-state index contributed by atoms with van der Waals surface area (Å²) in [6, 6.07) is 3.30. The molecule has 16 heavy (non-hydrogen) atoms. The minimum Gasteiger partial charge on any atom is -0.387 e. The monoisotopic (exact) mass is 244 g/mol. The van der Waals surface area contributed by atoms with Crippen molar-refractivity contribution < 1.29 is 13.5 Å². The number of aliphatic hydroxyl groups excluding tert-OH is 1. The molecule has 0 spiro atoms. The van der Waals surface area contributed by atoms with Crippen LogP contribution in [-0.4, -0.2) is 30.8 Å². The third-order valence-electron chi connectivity index (χ3n) is 2.06. The Hall–Kier alpha value is -0.980. The van der Waals surface area contributed by atoms with Crippen LogP contribution in [0.25, 0.3) is 0 Å². The zero-order valence-electron chi connectivity index (χ0n) is 9.13. The maximum atomic E-state index is 11.3. The fourth-order valence-electron chi connectivity index (χ4n) is 1.25. The van der Waals surface area contributed by atoms with Crippen LogP contribution in [0.5, 0.6) is 0 Å². The minimum atomic E-state index is -3.26. The number of nitrogens with one attached hydrogen (secondary N) is 1. The molecule has 1 unspecified atom stereocenters. The summed E-state index contributed by atoms with van der Waals surface area (Å²) in [5.41, 5.74) is 0.647. The molecule has 90 valence electrons. The van der Waals surface area contributed by atoms with Crippen molar-refractivity contribution in [3.8, 4) is 0 Å². The van der Waals surface area contributed by atoms with Gasteiger partial charge in [0.2, 0.25) is 10.0 Å². The van der Waals surface area contributed by atoms with Crippen molar-refractivity contribution in [2.45, 2.75) is 19.4 Å². The molecule has 1 aromatic heterocycles. The van der Waals surface area contributed by atoms with Crippen molar-refractivity contribution in [1.29, 1.82) is 0 Å². The first-order valence-corrected chi connectivity index (χ1v) is 6.75. The Balaban J connectivity index is 2.51. The largest absolute Gasteiger partial charge is 0.387 e. The molecule has 0 amide bonds. The van der Waals surface area contributed by atoms with E-state index in [9.17, 15) is 13.5 Å². The summed E-state index contributed by atoms with van der Waals surface area (Å²) in [6.45, 7) is 1.78. The van der Waals surface area contributed by atoms with Gasteiger partial charge in [-0.3, -0.25) is 4.98 Å². The molecule has 6 heteroatoms. The molecule has 0 aliphatic carbocycles. The molecule has 0 aliphatic heterocycles. The number of pyridine rings is 1. The molecule has 5 nitrogen and oxygen atoms in total. The second-order valence-corrected chi connectivity index (χ2v) is 5.39. The van der Waals surface area contributed by atoms with E-state index in [0.29, 0.717) is 12.0 Å². The Morgan fingerprint density at radius 2 is 2.06 bits per heavy atom. The smallest absolute Gasteiger partial charge is 0.211 e. The van der Waals surface area contributed by atoms with E-state index in [-0.39, 0.29) is 12.3 Å². The lowest BCUT2D eigenvalue weighted by Crippen LogP contribution is -2.30. The average molecular weight is 244 g/mol. The van der Waals surface area contributed by atoms with Gasteiger partial charge in [-0.25, -0.2) is 13.1 Å². The van der Waals surface area contributed by atoms with Crippen molar-refractivity contribution in [2.75, 3.05) is 12.3 Å². The molecular formula is C10H16N2O3S. The Labute approximate surface area is 95.6 Å². The first-order chi connectivity index (χ1) is 7.55. The molecule has 0 saturated heterocycles. The molecule has 0 radical (unpaired) electrons. The summed E-state index contributed by atoms with van der Waals surface area (Å²) in [4.78, 5) is 3.82. The summed E-state index contributed by atoms with van der Waals surface area (Å²) in [6.07, 6.45) is 2.83. The van der Waals surface area contributed by atoms with Gasteiger partial charge in [-0.1, -0.05) is 6.92 Å². The summed E-state index contributed by atoms with van der Waals surface area (Å²) in [5, 5.41) is 9.70. The quantitative estimate of drug-likeness (QED) is 0.761. The van der Waals surface area contributed by atoms with E-state index >= 15 is 0 Å². The third kappa shape index (κ3) is 4.26. The van der Waals surface area contributed by atoms with Crippen LogP contribution in [0.2, 0.25) is 0 Å². The van der Waals surface area contributed by atoms with Crippen molar-refractivity contribution >= 4 is 10.0 Å². The molecule has 2 N–H and O–H groups in total. The molecule has 0 bridgehead atoms. The zero-order chi connectivity index (χ0) is 12.0. The number of nitrogens with zero attached hydrogens (tertiary/aromatic N) is 1. The SMILES string of the molecule is CCCS(=O)(=O)NCC(O)c1ccncc1. The Kier molecular flexibility index (Phi) is 4.85. The number of rotatable bonds is 6. The van der Waals surface area contributed by atoms with E-state index in [2.05, 4.69) is 9.71 Å². The average Bonchev–Trinajstić information content (AvgIpc) is 2.27. The van der Waals surface area contributed by atoms with Gasteiger partial charge in [-0.2, -0.15) is 0 Å². The summed E-state index contributed by atoms with van der Waals surface area (Å²) in [5.74, 6) is 0.0794. The van der Waals surface area contributed by atoms with Gasteiger partial charge in [0.05, 0.1) is 11.9 Å². The van der Waals surface area contributed by atoms with Crippen LogP contribution in [0, 0.1) is 0 Å². The van der Waals surface area contributed by atoms with Crippen molar-refractivity contribution in [3.05, 3.63) is 30.1 Å². The van der Waals surface area contributed by atoms with E-state index in [1.165, 1.54) is 0 Å². The molecule has 0 aliphatic rings. The van der Waals surface area contributed by atoms with Crippen LogP contribution >= 0.6 is 0 Å². The molecule has 1 atom stereocenters. The highest BCUT2D eigenvalue weighted by molar-refractivity contribution is 7.89. The predicted molar refractivity (Wildman–Crippen MR) is 61.3 cm³/mol. The van der Waals surface area contributed by atoms with Crippen molar-refractivity contribution in [2.24, 2.45) is 0 Å². The van der Waals surface area contributed by atoms with Gasteiger partial charge in [0, 0.05) is 18.9 Å². The highest BCUT2D eigenvalue weighted by atomic mass is 32.2. The number of hydrogen-bond acceptors (Lipinski definition) is 4. The number of aliphatic hydroxyl groups is 1. The Morgan fingerprint density at radius 3 is 2.62 bits per heavy atom. The molecule has 1 rings (SSSR count). The van der Waals surface area contributed by atoms with Crippen LogP contribution in [0.4, 0.5) is 0 Å². The normalized spacial score (nSPS) is 13.6. The number of hydrogen-bond donors (Lipinski definition) is 2. The fourth-order valence-corrected chi connectivity index (χ4v) is 2.34. The van der Waals surface area contributed by atoms with Gasteiger partial charge < -0.3 is 5.11 Å². The summed E-state index contributed by atoms with van der Waals surface area (Å²) >= 11 is 0. The second-order valence-electron chi connectivity index (χ2n) is 3.46. The number of sulfonamides is 1. The molecule has 1 aromatic rings. The second kappa shape index (κ2) is 5.93. The van der Waals surface area contributed by atoms with Gasteiger partial charge in [0.15, 0.2) is 0 Å². The Morgan fingerprint density at radius 1 is 1.44 bits per heavy atom. The van der Waals surface area contributed by atoms with Crippen LogP contribution < -0.4 is 4.72 Å². The molecular weight excluding hydrogens is 228 g/mol. The minimum absolute atomic E-state index is 0.00759. The highest BCUT2D eigenvalue weighted by Crippen LogP contribution is 2.09. The summed E-state index contributed by atoms with van der Waals surface area (Å²) in [7, 11) is -3.26. The van der Waals surface area contributed by atoms with Crippen molar-refractivity contribution in [3.63, 3.8) is 0 Å². The Bertz CT molecular complexity index is 405. The van der Waals surface area contributed by atoms with Crippen molar-refractivity contribution in [1.82, 2.24) is 9.71 Å². The predicted octanol–water partition coefficient (Wildman–Crippen LogP) is 0.444. The molecule has 0 saturated carbocycles. The topological polar surface area (TPSA) is 79.3 Å². The van der Waals surface area contributed by atoms with E-state index in [1.54, 1.807) is 31.5 Å². The third-order valence-corrected chi connectivity index (χ3v) is 3.61. The van der Waals surface area contributed by atoms with Gasteiger partial charge in [0.25, 0.3) is 0 Å². The van der Waals surface area contributed by atoms with Crippen LogP contribution in [0.3, 0.4) is 0 Å². The van der Waals surface area contributed by atoms with Crippen LogP contribution in [0.15, 0.2) is 24.5 Å². The van der Waals surface area contributed by atoms with Gasteiger partial charge in [0.1, 0.15) is 0 Å². The van der Waals surface area contributed by atoms with E-state index in [4.69, 9.17) is 0 Å². The lowest BCUT2D eigenvalue weighted by Gasteiger charge is -2.11. The fraction of sp³-hybridized carbons (Fsp3) is 0.500. The van der Waals surface area contributed by atoms with E-state index < -0.39 is 16.1 Å². The van der Waals surface area contributed by atoms with Gasteiger partial charge in [-0.05, 0) is 24.1 Å². The lowest BCUT2D eigenvalue weighted by molar-refractivity contribution is 0.182. The maximum absolute atomic E-state index is 11.3. The maximum Gasteiger partial charge on any atom is 0.211 e. The molecule has 1 heterocycles. The highest BCUT2D eigenvalue weighted by Gasteiger charge is 2.12. The lowest BCUT2D eigenvalue weighted by atomic mass is 10.1. The van der Waals surface area contributed by atoms with Gasteiger partial charge in [-0.15, -0.1) is 0 Å². The van der Waals surface area contributed by atoms with E-state index in [1.807, 2.05) is 0 Å². The first kappa shape index (κ1) is 13.1. The first-order valence-electron chi connectivity index (χ1n) is 5.10. The standard InChI is InChI=1S/C10H16N2O3S/c1-2-7-16(14,15)12-8-10(13)9-3-5-11-6-4-9/h3-6,10,12-13H,2,7-8H2,1H3. The van der Waals surface area contributed by atoms with Crippen LogP contribution in [-0.2, 0) is 10.0 Å².